The molecule has 1 aliphatic rings. The Balaban J connectivity index is 2.21. The predicted molar refractivity (Wildman–Crippen MR) is 99.3 cm³/mol. The van der Waals surface area contributed by atoms with E-state index in [4.69, 9.17) is 0 Å². The van der Waals surface area contributed by atoms with Crippen molar-refractivity contribution in [2.75, 3.05) is 13.1 Å². The molecule has 1 fully saturated rings. The maximum atomic E-state index is 12.8. The van der Waals surface area contributed by atoms with E-state index in [2.05, 4.69) is 16.8 Å². The van der Waals surface area contributed by atoms with Gasteiger partial charge in [-0.1, -0.05) is 6.92 Å². The van der Waals surface area contributed by atoms with Crippen molar-refractivity contribution in [2.24, 2.45) is 20.0 Å². The molecule has 2 aromatic heterocycles. The van der Waals surface area contributed by atoms with E-state index in [9.17, 15) is 14.4 Å². The zero-order valence-electron chi connectivity index (χ0n) is 16.2. The molecule has 0 bridgehead atoms. The first kappa shape index (κ1) is 18.6. The first-order valence-electron chi connectivity index (χ1n) is 9.12. The molecule has 0 N–H and O–H groups in total. The number of hydrogen-bond donors (Lipinski definition) is 0. The second-order valence-electron chi connectivity index (χ2n) is 7.55. The molecule has 2 aromatic rings. The molecule has 26 heavy (non-hydrogen) atoms. The van der Waals surface area contributed by atoms with Crippen molar-refractivity contribution >= 4 is 16.9 Å². The number of piperidine rings is 1. The predicted octanol–water partition coefficient (Wildman–Crippen LogP) is 0.816. The molecule has 0 aliphatic carbocycles. The topological polar surface area (TPSA) is 82.1 Å². The van der Waals surface area contributed by atoms with Gasteiger partial charge in [-0.2, -0.15) is 0 Å². The highest BCUT2D eigenvalue weighted by atomic mass is 16.2. The van der Waals surface area contributed by atoms with Gasteiger partial charge in [0.05, 0.1) is 12.6 Å². The molecule has 0 unspecified atom stereocenters. The van der Waals surface area contributed by atoms with Crippen molar-refractivity contribution in [3.63, 3.8) is 0 Å². The van der Waals surface area contributed by atoms with Gasteiger partial charge in [-0.15, -0.1) is 0 Å². The molecule has 1 aliphatic heterocycles. The average molecular weight is 361 g/mol. The second kappa shape index (κ2) is 6.83. The highest BCUT2D eigenvalue weighted by Gasteiger charge is 2.26. The molecule has 1 saturated heterocycles. The summed E-state index contributed by atoms with van der Waals surface area (Å²) in [5.41, 5.74) is -0.175. The van der Waals surface area contributed by atoms with Crippen LogP contribution in [0.15, 0.2) is 9.59 Å². The number of carbonyl (C=O) groups is 1. The number of fused-ring (bicyclic) bond motifs is 1. The van der Waals surface area contributed by atoms with Gasteiger partial charge in [0, 0.05) is 20.6 Å². The molecule has 0 amide bonds. The lowest BCUT2D eigenvalue weighted by Gasteiger charge is -2.30. The molecule has 8 nitrogen and oxygen atoms in total. The van der Waals surface area contributed by atoms with Crippen molar-refractivity contribution in [1.29, 1.82) is 0 Å². The highest BCUT2D eigenvalue weighted by molar-refractivity contribution is 5.82. The third-order valence-corrected chi connectivity index (χ3v) is 5.45. The van der Waals surface area contributed by atoms with E-state index in [0.717, 1.165) is 24.1 Å². The van der Waals surface area contributed by atoms with E-state index >= 15 is 0 Å². The van der Waals surface area contributed by atoms with Crippen LogP contribution in [0.1, 0.15) is 45.5 Å². The fourth-order valence-electron chi connectivity index (χ4n) is 3.80. The Labute approximate surface area is 152 Å². The van der Waals surface area contributed by atoms with Crippen molar-refractivity contribution in [3.05, 3.63) is 26.7 Å². The smallest absolute Gasteiger partial charge is 0.311 e. The number of rotatable bonds is 4. The lowest BCUT2D eigenvalue weighted by molar-refractivity contribution is -0.119. The fraction of sp³-hybridized carbons (Fsp3) is 0.667. The van der Waals surface area contributed by atoms with E-state index in [1.807, 2.05) is 0 Å². The summed E-state index contributed by atoms with van der Waals surface area (Å²) >= 11 is 0. The molecule has 0 saturated carbocycles. The largest absolute Gasteiger partial charge is 0.332 e. The minimum Gasteiger partial charge on any atom is -0.311 e. The van der Waals surface area contributed by atoms with Gasteiger partial charge in [-0.3, -0.25) is 23.6 Å². The molecule has 3 heterocycles. The number of imidazole rings is 1. The molecular weight excluding hydrogens is 334 g/mol. The van der Waals surface area contributed by atoms with Crippen molar-refractivity contribution in [1.82, 2.24) is 23.6 Å². The summed E-state index contributed by atoms with van der Waals surface area (Å²) in [6.07, 6.45) is 2.34. The van der Waals surface area contributed by atoms with E-state index < -0.39 is 17.3 Å². The van der Waals surface area contributed by atoms with Crippen LogP contribution < -0.4 is 11.2 Å². The normalized spacial score (nSPS) is 19.8. The summed E-state index contributed by atoms with van der Waals surface area (Å²) in [6, 6.07) is -0.512. The fourth-order valence-corrected chi connectivity index (χ4v) is 3.80. The van der Waals surface area contributed by atoms with E-state index in [1.165, 1.54) is 25.0 Å². The highest BCUT2D eigenvalue weighted by Crippen LogP contribution is 2.22. The number of Topliss-reactive ketones (excluding diaryl/α,β-unsaturated/α-hetero) is 1. The van der Waals surface area contributed by atoms with Crippen molar-refractivity contribution in [2.45, 2.75) is 46.2 Å². The van der Waals surface area contributed by atoms with Gasteiger partial charge in [0.2, 0.25) is 0 Å². The maximum absolute atomic E-state index is 12.8. The summed E-state index contributed by atoms with van der Waals surface area (Å²) in [7, 11) is 3.05. The third-order valence-electron chi connectivity index (χ3n) is 5.45. The summed E-state index contributed by atoms with van der Waals surface area (Å²) in [5, 5.41) is 0. The van der Waals surface area contributed by atoms with Crippen LogP contribution in [0.2, 0.25) is 0 Å². The van der Waals surface area contributed by atoms with Gasteiger partial charge < -0.3 is 4.57 Å². The van der Waals surface area contributed by atoms with Gasteiger partial charge in [0.25, 0.3) is 5.56 Å². The SMILES string of the molecule is CC(=O)[C@H](C)n1c(CN2CCC[C@@H](C)C2)nc2c1c(=O)n(C)c(=O)n2C. The zero-order chi connectivity index (χ0) is 19.2. The number of ketones is 1. The summed E-state index contributed by atoms with van der Waals surface area (Å²) in [6.45, 7) is 8.01. The van der Waals surface area contributed by atoms with Crippen LogP contribution in [0.3, 0.4) is 0 Å². The first-order chi connectivity index (χ1) is 12.2. The Hall–Kier alpha value is -2.22. The Kier molecular flexibility index (Phi) is 4.88. The minimum absolute atomic E-state index is 0.0477. The number of aromatic nitrogens is 4. The average Bonchev–Trinajstić information content (AvgIpc) is 2.96. The van der Waals surface area contributed by atoms with E-state index in [1.54, 1.807) is 18.5 Å². The Morgan fingerprint density at radius 3 is 2.58 bits per heavy atom. The minimum atomic E-state index is -0.512. The van der Waals surface area contributed by atoms with Crippen LogP contribution in [0.4, 0.5) is 0 Å². The number of likely N-dealkylation sites (tertiary alicyclic amines) is 1. The Morgan fingerprint density at radius 2 is 1.96 bits per heavy atom. The van der Waals surface area contributed by atoms with Gasteiger partial charge in [0.1, 0.15) is 5.82 Å². The lowest BCUT2D eigenvalue weighted by atomic mass is 10.0. The second-order valence-corrected chi connectivity index (χ2v) is 7.55. The number of aryl methyl sites for hydroxylation is 1. The number of hydrogen-bond acceptors (Lipinski definition) is 5. The standard InChI is InChI=1S/C18H27N5O3/c1-11-7-6-8-22(9-11)10-14-19-16-15(23(14)12(2)13(3)24)17(25)21(5)18(26)20(16)4/h11-12H,6-10H2,1-5H3/t11-,12+/m1/s1. The van der Waals surface area contributed by atoms with Crippen LogP contribution >= 0.6 is 0 Å². The molecule has 0 radical (unpaired) electrons. The number of carbonyl (C=O) groups excluding carboxylic acids is 1. The van der Waals surface area contributed by atoms with Crippen molar-refractivity contribution in [3.8, 4) is 0 Å². The molecule has 2 atom stereocenters. The monoisotopic (exact) mass is 361 g/mol. The zero-order valence-corrected chi connectivity index (χ0v) is 16.2. The first-order valence-corrected chi connectivity index (χ1v) is 9.12. The quantitative estimate of drug-likeness (QED) is 0.805. The van der Waals surface area contributed by atoms with E-state index in [0.29, 0.717) is 29.5 Å². The molecule has 8 heteroatoms. The third kappa shape index (κ3) is 3.02. The lowest BCUT2D eigenvalue weighted by Crippen LogP contribution is -2.38. The van der Waals surface area contributed by atoms with Crippen LogP contribution in [0, 0.1) is 5.92 Å². The summed E-state index contributed by atoms with van der Waals surface area (Å²) in [4.78, 5) is 44.0. The molecule has 3 rings (SSSR count). The van der Waals surface area contributed by atoms with Crippen LogP contribution in [-0.2, 0) is 25.4 Å². The van der Waals surface area contributed by atoms with Crippen LogP contribution in [0.5, 0.6) is 0 Å². The molecule has 142 valence electrons. The molecule has 0 spiro atoms. The van der Waals surface area contributed by atoms with Gasteiger partial charge >= 0.3 is 5.69 Å². The van der Waals surface area contributed by atoms with Gasteiger partial charge in [-0.25, -0.2) is 9.78 Å². The van der Waals surface area contributed by atoms with E-state index in [-0.39, 0.29) is 5.78 Å². The van der Waals surface area contributed by atoms with Crippen LogP contribution in [0.25, 0.3) is 11.2 Å². The molecule has 0 aromatic carbocycles. The summed E-state index contributed by atoms with van der Waals surface area (Å²) in [5.74, 6) is 1.23. The Bertz CT molecular complexity index is 968. The van der Waals surface area contributed by atoms with Gasteiger partial charge in [0.15, 0.2) is 16.9 Å². The Morgan fingerprint density at radius 1 is 1.27 bits per heavy atom. The van der Waals surface area contributed by atoms with Gasteiger partial charge in [-0.05, 0) is 39.2 Å². The molecular formula is C18H27N5O3. The summed E-state index contributed by atoms with van der Waals surface area (Å²) < 4.78 is 4.17. The van der Waals surface area contributed by atoms with Crippen molar-refractivity contribution < 1.29 is 4.79 Å². The number of nitrogens with zero attached hydrogens (tertiary/aromatic N) is 5. The van der Waals surface area contributed by atoms with Crippen LogP contribution in [-0.4, -0.2) is 42.5 Å². The maximum Gasteiger partial charge on any atom is 0.332 e.